The minimum absolute atomic E-state index is 0.0458. The van der Waals surface area contributed by atoms with E-state index >= 15 is 0 Å². The Bertz CT molecular complexity index is 1060. The highest BCUT2D eigenvalue weighted by molar-refractivity contribution is 8.00. The van der Waals surface area contributed by atoms with Crippen molar-refractivity contribution in [2.75, 3.05) is 12.3 Å². The van der Waals surface area contributed by atoms with Crippen LogP contribution in [0.25, 0.3) is 0 Å². The van der Waals surface area contributed by atoms with Crippen LogP contribution in [0.2, 0.25) is 0 Å². The molecule has 0 unspecified atom stereocenters. The molecule has 3 aromatic rings. The number of amides is 2. The number of carbonyl (C=O) groups excluding carboxylic acids is 2. The van der Waals surface area contributed by atoms with Gasteiger partial charge in [0.15, 0.2) is 0 Å². The highest BCUT2D eigenvalue weighted by Crippen LogP contribution is 2.39. The molecule has 1 atom stereocenters. The fourth-order valence-electron chi connectivity index (χ4n) is 3.73. The number of rotatable bonds is 8. The predicted molar refractivity (Wildman–Crippen MR) is 126 cm³/mol. The summed E-state index contributed by atoms with van der Waals surface area (Å²) in [6.45, 7) is 1.13. The molecule has 1 fully saturated rings. The summed E-state index contributed by atoms with van der Waals surface area (Å²) < 4.78 is 13.0. The van der Waals surface area contributed by atoms with Crippen LogP contribution in [-0.2, 0) is 17.8 Å². The van der Waals surface area contributed by atoms with Gasteiger partial charge in [0.25, 0.3) is 5.91 Å². The van der Waals surface area contributed by atoms with Gasteiger partial charge in [-0.2, -0.15) is 0 Å². The highest BCUT2D eigenvalue weighted by atomic mass is 32.2. The van der Waals surface area contributed by atoms with Crippen molar-refractivity contribution in [2.24, 2.45) is 0 Å². The van der Waals surface area contributed by atoms with E-state index in [1.54, 1.807) is 23.9 Å². The maximum atomic E-state index is 13.0. The molecule has 32 heavy (non-hydrogen) atoms. The molecule has 1 heterocycles. The van der Waals surface area contributed by atoms with Gasteiger partial charge in [0.2, 0.25) is 5.91 Å². The molecule has 0 radical (unpaired) electrons. The summed E-state index contributed by atoms with van der Waals surface area (Å²) in [5, 5.41) is 2.89. The largest absolute Gasteiger partial charge is 0.352 e. The van der Waals surface area contributed by atoms with Crippen molar-refractivity contribution in [3.05, 3.63) is 107 Å². The summed E-state index contributed by atoms with van der Waals surface area (Å²) in [5.74, 6) is 0.237. The zero-order valence-corrected chi connectivity index (χ0v) is 18.5. The molecular weight excluding hydrogens is 423 g/mol. The molecule has 2 amide bonds. The third kappa shape index (κ3) is 5.56. The molecule has 1 aliphatic rings. The first-order valence-corrected chi connectivity index (χ1v) is 11.7. The lowest BCUT2D eigenvalue weighted by Gasteiger charge is -2.24. The van der Waals surface area contributed by atoms with E-state index in [0.29, 0.717) is 24.4 Å². The maximum absolute atomic E-state index is 13.0. The van der Waals surface area contributed by atoms with Gasteiger partial charge in [-0.3, -0.25) is 9.59 Å². The number of halogens is 1. The molecule has 6 heteroatoms. The number of nitrogens with zero attached hydrogens (tertiary/aromatic N) is 1. The molecular formula is C26H25FN2O2S. The Hall–Kier alpha value is -3.12. The lowest BCUT2D eigenvalue weighted by molar-refractivity contribution is -0.128. The zero-order chi connectivity index (χ0) is 22.3. The zero-order valence-electron chi connectivity index (χ0n) is 17.7. The Balaban J connectivity index is 1.31. The van der Waals surface area contributed by atoms with Crippen molar-refractivity contribution in [3.63, 3.8) is 0 Å². The first-order chi connectivity index (χ1) is 15.6. The lowest BCUT2D eigenvalue weighted by atomic mass is 10.1. The third-order valence-electron chi connectivity index (χ3n) is 5.46. The van der Waals surface area contributed by atoms with Crippen LogP contribution in [-0.4, -0.2) is 29.0 Å². The van der Waals surface area contributed by atoms with Crippen molar-refractivity contribution in [1.82, 2.24) is 10.2 Å². The molecule has 0 bridgehead atoms. The van der Waals surface area contributed by atoms with Gasteiger partial charge in [-0.1, -0.05) is 54.6 Å². The van der Waals surface area contributed by atoms with Gasteiger partial charge in [-0.25, -0.2) is 4.39 Å². The van der Waals surface area contributed by atoms with Crippen molar-refractivity contribution in [2.45, 2.75) is 24.8 Å². The molecule has 0 aromatic heterocycles. The number of nitrogens with one attached hydrogen (secondary N) is 1. The van der Waals surface area contributed by atoms with Crippen LogP contribution in [0, 0.1) is 5.82 Å². The van der Waals surface area contributed by atoms with E-state index in [4.69, 9.17) is 0 Å². The van der Waals surface area contributed by atoms with E-state index in [9.17, 15) is 14.0 Å². The summed E-state index contributed by atoms with van der Waals surface area (Å²) in [6, 6.07) is 23.9. The fourth-order valence-corrected chi connectivity index (χ4v) is 4.92. The average Bonchev–Trinajstić information content (AvgIpc) is 3.18. The van der Waals surface area contributed by atoms with Crippen LogP contribution in [0.1, 0.15) is 38.8 Å². The number of thioether (sulfide) groups is 1. The average molecular weight is 449 g/mol. The second kappa shape index (κ2) is 10.5. The first-order valence-electron chi connectivity index (χ1n) is 10.7. The van der Waals surface area contributed by atoms with Gasteiger partial charge in [0, 0.05) is 18.7 Å². The standard InChI is InChI=1S/C26H25FN2O2S/c27-23-14-8-19(9-15-23)7-4-16-28-25(31)21-10-12-22(13-11-21)26-29(24(30)18-32-26)17-20-5-2-1-3-6-20/h1-3,5-6,8-15,26H,4,7,16-18H2,(H,28,31)/t26-/m0/s1. The van der Waals surface area contributed by atoms with E-state index in [-0.39, 0.29) is 23.0 Å². The minimum Gasteiger partial charge on any atom is -0.352 e. The highest BCUT2D eigenvalue weighted by Gasteiger charge is 2.32. The van der Waals surface area contributed by atoms with Crippen LogP contribution in [0.5, 0.6) is 0 Å². The molecule has 164 valence electrons. The molecule has 3 aromatic carbocycles. The van der Waals surface area contributed by atoms with Crippen molar-refractivity contribution < 1.29 is 14.0 Å². The first kappa shape index (κ1) is 22.1. The van der Waals surface area contributed by atoms with Crippen molar-refractivity contribution in [1.29, 1.82) is 0 Å². The predicted octanol–water partition coefficient (Wildman–Crippen LogP) is 4.96. The van der Waals surface area contributed by atoms with Gasteiger partial charge >= 0.3 is 0 Å². The smallest absolute Gasteiger partial charge is 0.251 e. The second-order valence-electron chi connectivity index (χ2n) is 7.78. The molecule has 1 N–H and O–H groups in total. The molecule has 0 saturated carbocycles. The van der Waals surface area contributed by atoms with Gasteiger partial charge in [-0.15, -0.1) is 11.8 Å². The second-order valence-corrected chi connectivity index (χ2v) is 8.85. The molecule has 0 aliphatic carbocycles. The molecule has 0 spiro atoms. The Kier molecular flexibility index (Phi) is 7.22. The molecule has 4 rings (SSSR count). The van der Waals surface area contributed by atoms with E-state index in [0.717, 1.165) is 29.5 Å². The SMILES string of the molecule is O=C(NCCCc1ccc(F)cc1)c1ccc([C@@H]2SCC(=O)N2Cc2ccccc2)cc1. The van der Waals surface area contributed by atoms with Crippen LogP contribution in [0.15, 0.2) is 78.9 Å². The number of aryl methyl sites for hydroxylation is 1. The maximum Gasteiger partial charge on any atom is 0.251 e. The summed E-state index contributed by atoms with van der Waals surface area (Å²) in [4.78, 5) is 26.8. The Morgan fingerprint density at radius 3 is 2.41 bits per heavy atom. The Labute approximate surface area is 191 Å². The quantitative estimate of drug-likeness (QED) is 0.496. The molecule has 4 nitrogen and oxygen atoms in total. The van der Waals surface area contributed by atoms with Gasteiger partial charge in [0.1, 0.15) is 11.2 Å². The number of benzene rings is 3. The normalized spacial score (nSPS) is 15.7. The number of hydrogen-bond donors (Lipinski definition) is 1. The van der Waals surface area contributed by atoms with Crippen LogP contribution in [0.3, 0.4) is 0 Å². The van der Waals surface area contributed by atoms with E-state index < -0.39 is 0 Å². The number of hydrogen-bond acceptors (Lipinski definition) is 3. The number of carbonyl (C=O) groups is 2. The summed E-state index contributed by atoms with van der Waals surface area (Å²) in [5.41, 5.74) is 3.77. The minimum atomic E-state index is -0.242. The van der Waals surface area contributed by atoms with Crippen LogP contribution >= 0.6 is 11.8 Å². The molecule has 1 saturated heterocycles. The van der Waals surface area contributed by atoms with Crippen molar-refractivity contribution in [3.8, 4) is 0 Å². The third-order valence-corrected chi connectivity index (χ3v) is 6.72. The summed E-state index contributed by atoms with van der Waals surface area (Å²) >= 11 is 1.61. The summed E-state index contributed by atoms with van der Waals surface area (Å²) in [6.07, 6.45) is 1.56. The van der Waals surface area contributed by atoms with Crippen LogP contribution in [0.4, 0.5) is 4.39 Å². The van der Waals surface area contributed by atoms with E-state index in [1.165, 1.54) is 12.1 Å². The Morgan fingerprint density at radius 1 is 0.969 bits per heavy atom. The summed E-state index contributed by atoms with van der Waals surface area (Å²) in [7, 11) is 0. The fraction of sp³-hybridized carbons (Fsp3) is 0.231. The van der Waals surface area contributed by atoms with Gasteiger partial charge in [-0.05, 0) is 53.8 Å². The topological polar surface area (TPSA) is 49.4 Å². The van der Waals surface area contributed by atoms with Crippen molar-refractivity contribution >= 4 is 23.6 Å². The van der Waals surface area contributed by atoms with Crippen LogP contribution < -0.4 is 5.32 Å². The van der Waals surface area contributed by atoms with E-state index in [1.807, 2.05) is 59.5 Å². The van der Waals surface area contributed by atoms with Gasteiger partial charge in [0.05, 0.1) is 5.75 Å². The van der Waals surface area contributed by atoms with Gasteiger partial charge < -0.3 is 10.2 Å². The Morgan fingerprint density at radius 2 is 1.69 bits per heavy atom. The molecule has 1 aliphatic heterocycles. The van der Waals surface area contributed by atoms with E-state index in [2.05, 4.69) is 5.32 Å². The lowest BCUT2D eigenvalue weighted by Crippen LogP contribution is -2.28. The monoisotopic (exact) mass is 448 g/mol.